The Morgan fingerprint density at radius 1 is 1.06 bits per heavy atom. The summed E-state index contributed by atoms with van der Waals surface area (Å²) in [5.41, 5.74) is 0.917. The minimum absolute atomic E-state index is 0.0348. The van der Waals surface area contributed by atoms with E-state index in [0.717, 1.165) is 57.3 Å². The molecule has 0 radical (unpaired) electrons. The van der Waals surface area contributed by atoms with Gasteiger partial charge in [0.2, 0.25) is 5.91 Å². The summed E-state index contributed by atoms with van der Waals surface area (Å²) in [4.78, 5) is 20.4. The molecule has 5 heterocycles. The van der Waals surface area contributed by atoms with Crippen LogP contribution in [0.4, 0.5) is 0 Å². The normalized spacial score (nSPS) is 39.5. The molecule has 0 aliphatic carbocycles. The predicted molar refractivity (Wildman–Crippen MR) is 134 cm³/mol. The second-order valence-electron chi connectivity index (χ2n) is 11.4. The maximum atomic E-state index is 13.4. The number of hydrogen-bond donors (Lipinski definition) is 4. The van der Waals surface area contributed by atoms with Crippen molar-refractivity contribution in [2.75, 3.05) is 13.1 Å². The van der Waals surface area contributed by atoms with Gasteiger partial charge in [0.25, 0.3) is 10.0 Å². The molecule has 7 atom stereocenters. The van der Waals surface area contributed by atoms with E-state index in [1.807, 2.05) is 24.4 Å². The first-order valence-electron chi connectivity index (χ1n) is 13.2. The van der Waals surface area contributed by atoms with Gasteiger partial charge in [0, 0.05) is 18.3 Å². The lowest BCUT2D eigenvalue weighted by Gasteiger charge is -2.44. The molecule has 35 heavy (non-hydrogen) atoms. The molecule has 0 aromatic carbocycles. The molecule has 1 aromatic heterocycles. The summed E-state index contributed by atoms with van der Waals surface area (Å²) in [5, 5.41) is 9.73. The van der Waals surface area contributed by atoms with Crippen LogP contribution >= 0.6 is 0 Å². The fourth-order valence-electron chi connectivity index (χ4n) is 6.68. The molecule has 4 aliphatic heterocycles. The van der Waals surface area contributed by atoms with Gasteiger partial charge in [-0.2, -0.15) is 0 Å². The van der Waals surface area contributed by atoms with Crippen molar-refractivity contribution in [3.63, 3.8) is 0 Å². The van der Waals surface area contributed by atoms with Crippen molar-refractivity contribution < 1.29 is 13.2 Å². The molecule has 1 aromatic rings. The molecule has 194 valence electrons. The number of pyridine rings is 1. The van der Waals surface area contributed by atoms with Crippen molar-refractivity contribution in [3.8, 4) is 0 Å². The highest BCUT2D eigenvalue weighted by atomic mass is 32.2. The van der Waals surface area contributed by atoms with Crippen molar-refractivity contribution in [1.82, 2.24) is 30.6 Å². The molecule has 10 heteroatoms. The zero-order valence-corrected chi connectivity index (χ0v) is 21.7. The van der Waals surface area contributed by atoms with Gasteiger partial charge < -0.3 is 5.32 Å². The monoisotopic (exact) mass is 504 g/mol. The number of carbonyl (C=O) groups is 1. The Balaban J connectivity index is 1.47. The van der Waals surface area contributed by atoms with Crippen LogP contribution in [0.25, 0.3) is 0 Å². The summed E-state index contributed by atoms with van der Waals surface area (Å²) in [6.45, 7) is 6.25. The highest BCUT2D eigenvalue weighted by molar-refractivity contribution is 7.90. The number of nitrogens with zero attached hydrogens (tertiary/aromatic N) is 2. The van der Waals surface area contributed by atoms with Gasteiger partial charge in [-0.25, -0.2) is 8.42 Å². The maximum absolute atomic E-state index is 13.4. The van der Waals surface area contributed by atoms with E-state index in [1.54, 1.807) is 0 Å². The zero-order valence-electron chi connectivity index (χ0n) is 20.9. The molecule has 4 bridgehead atoms. The van der Waals surface area contributed by atoms with Gasteiger partial charge in [0.1, 0.15) is 5.37 Å². The Kier molecular flexibility index (Phi) is 7.20. The molecule has 4 N–H and O–H groups in total. The first kappa shape index (κ1) is 25.1. The van der Waals surface area contributed by atoms with Crippen LogP contribution in [0.2, 0.25) is 0 Å². The fourth-order valence-corrected chi connectivity index (χ4v) is 8.07. The Morgan fingerprint density at radius 2 is 1.91 bits per heavy atom. The minimum Gasteiger partial charge on any atom is -0.301 e. The van der Waals surface area contributed by atoms with Crippen molar-refractivity contribution >= 4 is 15.9 Å². The molecule has 0 spiro atoms. The summed E-state index contributed by atoms with van der Waals surface area (Å²) >= 11 is 0. The predicted octanol–water partition coefficient (Wildman–Crippen LogP) is 1.80. The van der Waals surface area contributed by atoms with Crippen LogP contribution in [0, 0.1) is 11.8 Å². The first-order valence-corrected chi connectivity index (χ1v) is 14.8. The van der Waals surface area contributed by atoms with Crippen LogP contribution < -0.4 is 20.7 Å². The molecule has 4 fully saturated rings. The van der Waals surface area contributed by atoms with E-state index < -0.39 is 15.4 Å². The Hall–Kier alpha value is -1.59. The third-order valence-electron chi connectivity index (χ3n) is 8.39. The first-order chi connectivity index (χ1) is 16.7. The summed E-state index contributed by atoms with van der Waals surface area (Å²) in [6.07, 6.45) is 8.20. The van der Waals surface area contributed by atoms with Crippen LogP contribution in [0.5, 0.6) is 0 Å². The van der Waals surface area contributed by atoms with Crippen molar-refractivity contribution in [2.24, 2.45) is 11.8 Å². The van der Waals surface area contributed by atoms with Gasteiger partial charge in [-0.3, -0.25) is 30.0 Å². The van der Waals surface area contributed by atoms with Crippen LogP contribution in [-0.2, 0) is 14.8 Å². The van der Waals surface area contributed by atoms with Crippen LogP contribution in [0.3, 0.4) is 0 Å². The number of piperidine rings is 2. The third-order valence-corrected chi connectivity index (χ3v) is 10.0. The maximum Gasteiger partial charge on any atom is 0.251 e. The molecule has 4 aliphatic rings. The zero-order chi connectivity index (χ0) is 24.6. The fraction of sp³-hybridized carbons (Fsp3) is 0.760. The van der Waals surface area contributed by atoms with Gasteiger partial charge in [0.15, 0.2) is 0 Å². The number of nitrogens with one attached hydrogen (secondary N) is 4. The molecule has 1 amide bonds. The van der Waals surface area contributed by atoms with Gasteiger partial charge in [-0.05, 0) is 89.8 Å². The molecule has 5 rings (SSSR count). The van der Waals surface area contributed by atoms with E-state index in [4.69, 9.17) is 0 Å². The van der Waals surface area contributed by atoms with E-state index in [2.05, 4.69) is 44.4 Å². The standard InChI is InChI=1S/C25H40N6O3S/c1-25(2)15-17-11-12-20(19-8-3-4-13-26-19)28-21-9-5-10-22(29-21)35(33,34)30-24(32)18-7-6-14-27-23(18)31(25)16-17/h3-4,8,13,17-18,20-23,27-29H,5-7,9-12,14-16H2,1-2H3,(H,30,32)/t17-,18?,20+,21?,22?,23?/m0/s1. The Bertz CT molecular complexity index is 1000. The quantitative estimate of drug-likeness (QED) is 0.458. The number of fused-ring (bicyclic) bond motifs is 6. The minimum atomic E-state index is -3.85. The smallest absolute Gasteiger partial charge is 0.251 e. The average Bonchev–Trinajstić information content (AvgIpc) is 3.15. The molecular formula is C25H40N6O3S. The van der Waals surface area contributed by atoms with Crippen LogP contribution in [0.1, 0.15) is 76.9 Å². The van der Waals surface area contributed by atoms with E-state index in [0.29, 0.717) is 18.8 Å². The highest BCUT2D eigenvalue weighted by Gasteiger charge is 2.47. The number of carbonyl (C=O) groups excluding carboxylic acids is 1. The lowest BCUT2D eigenvalue weighted by molar-refractivity contribution is -0.128. The second kappa shape index (κ2) is 10.0. The Labute approximate surface area is 209 Å². The molecule has 9 nitrogen and oxygen atoms in total. The summed E-state index contributed by atoms with van der Waals surface area (Å²) in [6, 6.07) is 6.01. The topological polar surface area (TPSA) is 115 Å². The van der Waals surface area contributed by atoms with E-state index >= 15 is 0 Å². The van der Waals surface area contributed by atoms with Gasteiger partial charge in [-0.1, -0.05) is 6.07 Å². The van der Waals surface area contributed by atoms with E-state index in [-0.39, 0.29) is 35.7 Å². The number of rotatable bonds is 1. The van der Waals surface area contributed by atoms with Crippen molar-refractivity contribution in [1.29, 1.82) is 0 Å². The third kappa shape index (κ3) is 5.41. The molecule has 5 unspecified atom stereocenters. The number of sulfonamides is 1. The van der Waals surface area contributed by atoms with Crippen LogP contribution in [-0.4, -0.2) is 60.5 Å². The van der Waals surface area contributed by atoms with Gasteiger partial charge in [-0.15, -0.1) is 0 Å². The van der Waals surface area contributed by atoms with Crippen LogP contribution in [0.15, 0.2) is 24.4 Å². The SMILES string of the molecule is CC1(C)C[C@@H]2CC[C@H](c3ccccn3)NC3CCCC(N3)S(=O)(=O)NC(=O)C3CCCNC3N1C2. The lowest BCUT2D eigenvalue weighted by atomic mass is 9.90. The molecule has 0 saturated carbocycles. The molecular weight excluding hydrogens is 464 g/mol. The van der Waals surface area contributed by atoms with E-state index in [9.17, 15) is 13.2 Å². The highest BCUT2D eigenvalue weighted by Crippen LogP contribution is 2.40. The average molecular weight is 505 g/mol. The summed E-state index contributed by atoms with van der Waals surface area (Å²) in [7, 11) is -3.85. The number of amides is 1. The van der Waals surface area contributed by atoms with Gasteiger partial charge in [0.05, 0.1) is 30.0 Å². The Morgan fingerprint density at radius 3 is 2.71 bits per heavy atom. The largest absolute Gasteiger partial charge is 0.301 e. The summed E-state index contributed by atoms with van der Waals surface area (Å²) in [5.74, 6) is -0.258. The number of aromatic nitrogens is 1. The van der Waals surface area contributed by atoms with Crippen molar-refractivity contribution in [3.05, 3.63) is 30.1 Å². The van der Waals surface area contributed by atoms with E-state index in [1.165, 1.54) is 0 Å². The second-order valence-corrected chi connectivity index (χ2v) is 13.2. The lowest BCUT2D eigenvalue weighted by Crippen LogP contribution is -2.62. The van der Waals surface area contributed by atoms with Gasteiger partial charge >= 0.3 is 0 Å². The molecule has 4 saturated heterocycles. The van der Waals surface area contributed by atoms with Crippen molar-refractivity contribution in [2.45, 2.75) is 94.5 Å². The summed E-state index contributed by atoms with van der Waals surface area (Å²) < 4.78 is 29.1. The number of hydrogen-bond acceptors (Lipinski definition) is 8.